The molecule has 1 unspecified atom stereocenters. The number of ether oxygens (including phenoxy) is 1. The largest absolute Gasteiger partial charge is 0.481 e. The Balaban J connectivity index is 2.43. The van der Waals surface area contributed by atoms with Crippen LogP contribution in [-0.4, -0.2) is 17.2 Å². The minimum absolute atomic E-state index is 0.475. The third-order valence-electron chi connectivity index (χ3n) is 2.66. The van der Waals surface area contributed by atoms with Crippen LogP contribution in [0.15, 0.2) is 24.4 Å². The number of nitrogens with zero attached hydrogens (tertiary/aromatic N) is 1. The number of aliphatic hydroxyl groups is 1. The molecule has 3 nitrogen and oxygen atoms in total. The van der Waals surface area contributed by atoms with E-state index in [9.17, 15) is 5.11 Å². The number of rotatable bonds is 3. The van der Waals surface area contributed by atoms with Gasteiger partial charge in [-0.3, -0.25) is 0 Å². The molecule has 0 amide bonds. The van der Waals surface area contributed by atoms with Crippen LogP contribution < -0.4 is 4.74 Å². The van der Waals surface area contributed by atoms with Crippen LogP contribution in [0, 0.1) is 13.8 Å². The number of hydrogen-bond acceptors (Lipinski definition) is 4. The van der Waals surface area contributed by atoms with Crippen LogP contribution >= 0.6 is 11.3 Å². The van der Waals surface area contributed by atoms with Gasteiger partial charge in [0.1, 0.15) is 6.10 Å². The van der Waals surface area contributed by atoms with E-state index in [4.69, 9.17) is 4.74 Å². The van der Waals surface area contributed by atoms with Gasteiger partial charge in [0.05, 0.1) is 7.11 Å². The highest BCUT2D eigenvalue weighted by atomic mass is 32.1. The van der Waals surface area contributed by atoms with Crippen molar-refractivity contribution in [2.24, 2.45) is 0 Å². The van der Waals surface area contributed by atoms with Crippen molar-refractivity contribution in [3.8, 4) is 5.88 Å². The lowest BCUT2D eigenvalue weighted by atomic mass is 10.0. The van der Waals surface area contributed by atoms with E-state index in [1.807, 2.05) is 26.0 Å². The Morgan fingerprint density at radius 1 is 1.35 bits per heavy atom. The van der Waals surface area contributed by atoms with Crippen molar-refractivity contribution in [3.05, 3.63) is 45.3 Å². The predicted molar refractivity (Wildman–Crippen MR) is 68.6 cm³/mol. The Hall–Kier alpha value is -1.39. The molecular formula is C13H15NO2S. The molecule has 0 saturated heterocycles. The molecule has 0 aromatic carbocycles. The monoisotopic (exact) mass is 249 g/mol. The van der Waals surface area contributed by atoms with E-state index in [0.717, 1.165) is 10.4 Å². The Kier molecular flexibility index (Phi) is 3.45. The summed E-state index contributed by atoms with van der Waals surface area (Å²) in [6.07, 6.45) is 0.976. The fraction of sp³-hybridized carbons (Fsp3) is 0.308. The van der Waals surface area contributed by atoms with Crippen molar-refractivity contribution in [1.82, 2.24) is 4.98 Å². The number of thiophene rings is 1. The van der Waals surface area contributed by atoms with Gasteiger partial charge in [-0.05, 0) is 37.6 Å². The van der Waals surface area contributed by atoms with Crippen LogP contribution in [0.1, 0.15) is 27.0 Å². The van der Waals surface area contributed by atoms with E-state index in [-0.39, 0.29) is 0 Å². The van der Waals surface area contributed by atoms with E-state index in [0.29, 0.717) is 11.4 Å². The summed E-state index contributed by atoms with van der Waals surface area (Å²) in [4.78, 5) is 6.42. The number of aromatic nitrogens is 1. The highest BCUT2D eigenvalue weighted by molar-refractivity contribution is 7.12. The van der Waals surface area contributed by atoms with Crippen LogP contribution in [0.5, 0.6) is 5.88 Å². The van der Waals surface area contributed by atoms with Crippen LogP contribution in [0.25, 0.3) is 0 Å². The standard InChI is InChI=1S/C13H15NO2S/c1-8-7-11(9(2)17-8)12(15)10-5-4-6-14-13(10)16-3/h4-7,12,15H,1-3H3. The second-order valence-electron chi connectivity index (χ2n) is 3.87. The predicted octanol–water partition coefficient (Wildman–Crippen LogP) is 2.85. The van der Waals surface area contributed by atoms with Crippen molar-refractivity contribution in [3.63, 3.8) is 0 Å². The van der Waals surface area contributed by atoms with Gasteiger partial charge in [-0.15, -0.1) is 11.3 Å². The fourth-order valence-electron chi connectivity index (χ4n) is 1.87. The Labute approximate surface area is 105 Å². The molecule has 2 heterocycles. The molecule has 2 rings (SSSR count). The van der Waals surface area contributed by atoms with E-state index in [1.165, 1.54) is 4.88 Å². The van der Waals surface area contributed by atoms with Crippen LogP contribution in [0.2, 0.25) is 0 Å². The molecule has 0 radical (unpaired) electrons. The first-order chi connectivity index (χ1) is 8.13. The third-order valence-corrected chi connectivity index (χ3v) is 3.64. The van der Waals surface area contributed by atoms with Crippen LogP contribution in [0.3, 0.4) is 0 Å². The smallest absolute Gasteiger partial charge is 0.219 e. The lowest BCUT2D eigenvalue weighted by Gasteiger charge is -2.13. The number of hydrogen-bond donors (Lipinski definition) is 1. The Morgan fingerprint density at radius 3 is 2.71 bits per heavy atom. The summed E-state index contributed by atoms with van der Waals surface area (Å²) in [6, 6.07) is 5.65. The number of aliphatic hydroxyl groups excluding tert-OH is 1. The van der Waals surface area contributed by atoms with Gasteiger partial charge in [-0.2, -0.15) is 0 Å². The highest BCUT2D eigenvalue weighted by Crippen LogP contribution is 2.33. The summed E-state index contributed by atoms with van der Waals surface area (Å²) < 4.78 is 5.17. The molecule has 90 valence electrons. The SMILES string of the molecule is COc1ncccc1C(O)c1cc(C)sc1C. The summed E-state index contributed by atoms with van der Waals surface area (Å²) >= 11 is 1.68. The van der Waals surface area contributed by atoms with Crippen molar-refractivity contribution in [2.45, 2.75) is 20.0 Å². The second-order valence-corrected chi connectivity index (χ2v) is 5.33. The van der Waals surface area contributed by atoms with Crippen molar-refractivity contribution in [2.75, 3.05) is 7.11 Å². The summed E-state index contributed by atoms with van der Waals surface area (Å²) in [7, 11) is 1.56. The van der Waals surface area contributed by atoms with Gasteiger partial charge < -0.3 is 9.84 Å². The minimum Gasteiger partial charge on any atom is -0.481 e. The van der Waals surface area contributed by atoms with Gasteiger partial charge in [0.15, 0.2) is 0 Å². The zero-order chi connectivity index (χ0) is 12.4. The molecule has 0 saturated carbocycles. The molecule has 2 aromatic rings. The summed E-state index contributed by atoms with van der Waals surface area (Å²) in [5, 5.41) is 10.4. The van der Waals surface area contributed by atoms with Gasteiger partial charge in [0.25, 0.3) is 0 Å². The summed E-state index contributed by atoms with van der Waals surface area (Å²) in [5.74, 6) is 0.475. The van der Waals surface area contributed by atoms with E-state index < -0.39 is 6.10 Å². The maximum absolute atomic E-state index is 10.4. The topological polar surface area (TPSA) is 42.4 Å². The lowest BCUT2D eigenvalue weighted by molar-refractivity contribution is 0.213. The van der Waals surface area contributed by atoms with Gasteiger partial charge in [0, 0.05) is 21.5 Å². The molecule has 0 aliphatic heterocycles. The molecule has 0 aliphatic rings. The Morgan fingerprint density at radius 2 is 2.12 bits per heavy atom. The third kappa shape index (κ3) is 2.33. The number of pyridine rings is 1. The van der Waals surface area contributed by atoms with Crippen molar-refractivity contribution >= 4 is 11.3 Å². The van der Waals surface area contributed by atoms with E-state index in [1.54, 1.807) is 30.7 Å². The highest BCUT2D eigenvalue weighted by Gasteiger charge is 2.19. The molecule has 0 aliphatic carbocycles. The van der Waals surface area contributed by atoms with Gasteiger partial charge in [-0.25, -0.2) is 4.98 Å². The first-order valence-corrected chi connectivity index (χ1v) is 6.19. The van der Waals surface area contributed by atoms with E-state index in [2.05, 4.69) is 4.98 Å². The fourth-order valence-corrected chi connectivity index (χ4v) is 2.83. The number of methoxy groups -OCH3 is 1. The lowest BCUT2D eigenvalue weighted by Crippen LogP contribution is -2.03. The molecule has 1 atom stereocenters. The molecular weight excluding hydrogens is 234 g/mol. The Bertz CT molecular complexity index is 522. The second kappa shape index (κ2) is 4.85. The first kappa shape index (κ1) is 12.1. The van der Waals surface area contributed by atoms with Gasteiger partial charge >= 0.3 is 0 Å². The molecule has 4 heteroatoms. The minimum atomic E-state index is -0.677. The van der Waals surface area contributed by atoms with Crippen molar-refractivity contribution in [1.29, 1.82) is 0 Å². The first-order valence-electron chi connectivity index (χ1n) is 5.37. The summed E-state index contributed by atoms with van der Waals surface area (Å²) in [6.45, 7) is 4.05. The van der Waals surface area contributed by atoms with Crippen LogP contribution in [0.4, 0.5) is 0 Å². The maximum atomic E-state index is 10.4. The normalized spacial score (nSPS) is 12.5. The average molecular weight is 249 g/mol. The molecule has 0 fully saturated rings. The number of aryl methyl sites for hydroxylation is 2. The average Bonchev–Trinajstić information content (AvgIpc) is 2.67. The molecule has 1 N–H and O–H groups in total. The van der Waals surface area contributed by atoms with E-state index >= 15 is 0 Å². The van der Waals surface area contributed by atoms with Gasteiger partial charge in [0.2, 0.25) is 5.88 Å². The zero-order valence-corrected chi connectivity index (χ0v) is 10.9. The molecule has 0 bridgehead atoms. The molecule has 2 aromatic heterocycles. The van der Waals surface area contributed by atoms with Gasteiger partial charge in [-0.1, -0.05) is 0 Å². The maximum Gasteiger partial charge on any atom is 0.219 e. The molecule has 0 spiro atoms. The van der Waals surface area contributed by atoms with Crippen molar-refractivity contribution < 1.29 is 9.84 Å². The van der Waals surface area contributed by atoms with Crippen LogP contribution in [-0.2, 0) is 0 Å². The zero-order valence-electron chi connectivity index (χ0n) is 10.1. The quantitative estimate of drug-likeness (QED) is 0.909. The molecule has 17 heavy (non-hydrogen) atoms. The summed E-state index contributed by atoms with van der Waals surface area (Å²) in [5.41, 5.74) is 1.63.